The van der Waals surface area contributed by atoms with Crippen molar-refractivity contribution >= 4 is 16.5 Å². The smallest absolute Gasteiger partial charge is 0.120 e. The third kappa shape index (κ3) is 3.72. The Kier molecular flexibility index (Phi) is 4.84. The van der Waals surface area contributed by atoms with E-state index in [2.05, 4.69) is 64.7 Å². The number of hydrogen-bond donors (Lipinski definition) is 0. The van der Waals surface area contributed by atoms with Crippen LogP contribution in [0.1, 0.15) is 34.1 Å². The summed E-state index contributed by atoms with van der Waals surface area (Å²) in [6.07, 6.45) is 1.29. The molecule has 0 unspecified atom stereocenters. The Labute approximate surface area is 99.4 Å². The monoisotopic (exact) mass is 245 g/mol. The molecule has 0 saturated carbocycles. The first-order chi connectivity index (χ1) is 6.44. The molecule has 0 aliphatic carbocycles. The summed E-state index contributed by atoms with van der Waals surface area (Å²) in [5.74, 6) is 0. The van der Waals surface area contributed by atoms with Crippen LogP contribution in [0.2, 0.25) is 37.8 Å². The molecule has 0 aromatic rings. The van der Waals surface area contributed by atoms with Crippen molar-refractivity contribution in [3.8, 4) is 0 Å². The zero-order valence-electron chi connectivity index (χ0n) is 12.4. The SMILES string of the molecule is CCCN([Si](C)(C)C)[Si](C)(C)C(C)(C)C. The second-order valence-electron chi connectivity index (χ2n) is 7.13. The predicted molar refractivity (Wildman–Crippen MR) is 77.5 cm³/mol. The van der Waals surface area contributed by atoms with Gasteiger partial charge in [0.15, 0.2) is 0 Å². The average molecular weight is 246 g/mol. The van der Waals surface area contributed by atoms with Crippen molar-refractivity contribution in [2.45, 2.75) is 71.9 Å². The summed E-state index contributed by atoms with van der Waals surface area (Å²) in [5.41, 5.74) is 0. The molecule has 0 N–H and O–H groups in total. The van der Waals surface area contributed by atoms with Gasteiger partial charge in [0.2, 0.25) is 0 Å². The molecular formula is C12H31NSi2. The van der Waals surface area contributed by atoms with E-state index in [1.807, 2.05) is 0 Å². The minimum atomic E-state index is -1.30. The van der Waals surface area contributed by atoms with Gasteiger partial charge in [-0.2, -0.15) is 0 Å². The van der Waals surface area contributed by atoms with Crippen molar-refractivity contribution < 1.29 is 0 Å². The maximum atomic E-state index is 2.92. The van der Waals surface area contributed by atoms with Crippen LogP contribution in [0.25, 0.3) is 0 Å². The molecule has 0 spiro atoms. The summed E-state index contributed by atoms with van der Waals surface area (Å²) in [4.78, 5) is 0. The Morgan fingerprint density at radius 2 is 1.33 bits per heavy atom. The highest BCUT2D eigenvalue weighted by Gasteiger charge is 2.44. The Morgan fingerprint density at radius 1 is 0.933 bits per heavy atom. The van der Waals surface area contributed by atoms with Gasteiger partial charge in [-0.1, -0.05) is 60.4 Å². The summed E-state index contributed by atoms with van der Waals surface area (Å²) in [6.45, 7) is 23.4. The van der Waals surface area contributed by atoms with Gasteiger partial charge in [-0.25, -0.2) is 0 Å². The normalized spacial score (nSPS) is 14.8. The quantitative estimate of drug-likeness (QED) is 0.657. The Morgan fingerprint density at radius 3 is 1.53 bits per heavy atom. The minimum absolute atomic E-state index is 0.475. The van der Waals surface area contributed by atoms with Crippen LogP contribution in [0.4, 0.5) is 0 Å². The molecule has 0 bridgehead atoms. The summed E-state index contributed by atoms with van der Waals surface area (Å²) >= 11 is 0. The van der Waals surface area contributed by atoms with E-state index in [0.717, 1.165) is 0 Å². The van der Waals surface area contributed by atoms with Gasteiger partial charge in [-0.3, -0.25) is 0 Å². The van der Waals surface area contributed by atoms with E-state index in [-0.39, 0.29) is 0 Å². The van der Waals surface area contributed by atoms with Crippen LogP contribution < -0.4 is 0 Å². The van der Waals surface area contributed by atoms with Crippen molar-refractivity contribution in [1.82, 2.24) is 4.23 Å². The molecule has 0 fully saturated rings. The lowest BCUT2D eigenvalue weighted by molar-refractivity contribution is 0.544. The van der Waals surface area contributed by atoms with Gasteiger partial charge >= 0.3 is 0 Å². The fraction of sp³-hybridized carbons (Fsp3) is 1.00. The first kappa shape index (κ1) is 15.4. The number of nitrogens with zero attached hydrogens (tertiary/aromatic N) is 1. The van der Waals surface area contributed by atoms with Crippen molar-refractivity contribution in [3.63, 3.8) is 0 Å². The lowest BCUT2D eigenvalue weighted by Crippen LogP contribution is -2.64. The lowest BCUT2D eigenvalue weighted by atomic mass is 10.2. The molecule has 0 atom stereocenters. The molecule has 0 heterocycles. The molecule has 15 heavy (non-hydrogen) atoms. The molecule has 0 saturated heterocycles. The van der Waals surface area contributed by atoms with Gasteiger partial charge in [-0.05, 0) is 18.0 Å². The first-order valence-corrected chi connectivity index (χ1v) is 12.6. The second-order valence-corrected chi connectivity index (χ2v) is 17.6. The maximum absolute atomic E-state index is 2.92. The van der Waals surface area contributed by atoms with E-state index >= 15 is 0 Å². The van der Waals surface area contributed by atoms with E-state index in [4.69, 9.17) is 0 Å². The zero-order chi connectivity index (χ0) is 12.5. The predicted octanol–water partition coefficient (Wildman–Crippen LogP) is 4.54. The van der Waals surface area contributed by atoms with Gasteiger partial charge in [0.05, 0.1) is 0 Å². The Balaban J connectivity index is 5.08. The van der Waals surface area contributed by atoms with Crippen molar-refractivity contribution in [1.29, 1.82) is 0 Å². The topological polar surface area (TPSA) is 3.24 Å². The van der Waals surface area contributed by atoms with Crippen LogP contribution in [0.15, 0.2) is 0 Å². The maximum Gasteiger partial charge on any atom is 0.120 e. The van der Waals surface area contributed by atoms with E-state index in [1.165, 1.54) is 13.0 Å². The zero-order valence-corrected chi connectivity index (χ0v) is 14.4. The van der Waals surface area contributed by atoms with Crippen LogP contribution in [0.3, 0.4) is 0 Å². The van der Waals surface area contributed by atoms with Gasteiger partial charge < -0.3 is 4.23 Å². The second kappa shape index (κ2) is 4.72. The minimum Gasteiger partial charge on any atom is -0.345 e. The lowest BCUT2D eigenvalue weighted by Gasteiger charge is -2.52. The van der Waals surface area contributed by atoms with Gasteiger partial charge in [0.1, 0.15) is 16.5 Å². The van der Waals surface area contributed by atoms with E-state index in [9.17, 15) is 0 Å². The molecule has 3 heteroatoms. The summed E-state index contributed by atoms with van der Waals surface area (Å²) in [7, 11) is -2.45. The molecular weight excluding hydrogens is 214 g/mol. The molecule has 0 aliphatic rings. The third-order valence-electron chi connectivity index (χ3n) is 3.77. The Bertz CT molecular complexity index is 199. The highest BCUT2D eigenvalue weighted by atomic mass is 28.4. The summed E-state index contributed by atoms with van der Waals surface area (Å²) in [6, 6.07) is 0. The van der Waals surface area contributed by atoms with E-state index < -0.39 is 16.5 Å². The van der Waals surface area contributed by atoms with Crippen LogP contribution in [-0.2, 0) is 0 Å². The van der Waals surface area contributed by atoms with Crippen molar-refractivity contribution in [3.05, 3.63) is 0 Å². The van der Waals surface area contributed by atoms with Gasteiger partial charge in [0, 0.05) is 0 Å². The average Bonchev–Trinajstić information content (AvgIpc) is 1.95. The van der Waals surface area contributed by atoms with Crippen molar-refractivity contribution in [2.75, 3.05) is 6.54 Å². The van der Waals surface area contributed by atoms with Crippen LogP contribution >= 0.6 is 0 Å². The van der Waals surface area contributed by atoms with Crippen LogP contribution in [0.5, 0.6) is 0 Å². The van der Waals surface area contributed by atoms with Gasteiger partial charge in [0.25, 0.3) is 0 Å². The molecule has 1 nitrogen and oxygen atoms in total. The molecule has 0 radical (unpaired) electrons. The Hall–Kier alpha value is 0.394. The van der Waals surface area contributed by atoms with E-state index in [0.29, 0.717) is 5.04 Å². The molecule has 0 rings (SSSR count). The highest BCUT2D eigenvalue weighted by molar-refractivity contribution is 6.91. The number of hydrogen-bond acceptors (Lipinski definition) is 1. The van der Waals surface area contributed by atoms with Crippen LogP contribution in [-0.4, -0.2) is 27.2 Å². The van der Waals surface area contributed by atoms with Crippen molar-refractivity contribution in [2.24, 2.45) is 0 Å². The molecule has 0 amide bonds. The first-order valence-electron chi connectivity index (χ1n) is 6.22. The summed E-state index contributed by atoms with van der Waals surface area (Å²) in [5, 5.41) is 0.475. The molecule has 0 aliphatic heterocycles. The standard InChI is InChI=1S/C12H31NSi2/c1-10-11-13(14(5,6)7)15(8,9)12(2,3)4/h10-11H2,1-9H3. The molecule has 0 aromatic carbocycles. The number of rotatable bonds is 4. The largest absolute Gasteiger partial charge is 0.345 e. The third-order valence-corrected chi connectivity index (χ3v) is 14.5. The highest BCUT2D eigenvalue weighted by Crippen LogP contribution is 2.40. The van der Waals surface area contributed by atoms with E-state index in [1.54, 1.807) is 0 Å². The fourth-order valence-electron chi connectivity index (χ4n) is 2.08. The van der Waals surface area contributed by atoms with Gasteiger partial charge in [-0.15, -0.1) is 0 Å². The fourth-order valence-corrected chi connectivity index (χ4v) is 12.3. The van der Waals surface area contributed by atoms with Crippen LogP contribution in [0, 0.1) is 0 Å². The molecule has 92 valence electrons. The summed E-state index contributed by atoms with van der Waals surface area (Å²) < 4.78 is 2.92. The molecule has 0 aromatic heterocycles.